The minimum absolute atomic E-state index is 0.0523. The number of amides is 1. The van der Waals surface area contributed by atoms with Crippen LogP contribution in [0.1, 0.15) is 35.5 Å². The molecule has 100 valence electrons. The van der Waals surface area contributed by atoms with E-state index in [9.17, 15) is 4.79 Å². The standard InChI is InChI=1S/C13H21N3OS/c1-7-5-14-6-11(7)13(17)16-9(3)12-8(2)15-10(4)18-12/h7,9,11,14H,5-6H2,1-4H3,(H,16,17). The number of hydrogen-bond acceptors (Lipinski definition) is 4. The largest absolute Gasteiger partial charge is 0.348 e. The van der Waals surface area contributed by atoms with E-state index in [1.54, 1.807) is 11.3 Å². The Morgan fingerprint density at radius 2 is 2.22 bits per heavy atom. The quantitative estimate of drug-likeness (QED) is 0.878. The molecule has 2 rings (SSSR count). The Hall–Kier alpha value is -0.940. The number of carbonyl (C=O) groups excluding carboxylic acids is 1. The molecule has 1 aromatic heterocycles. The number of rotatable bonds is 3. The highest BCUT2D eigenvalue weighted by molar-refractivity contribution is 7.11. The zero-order valence-electron chi connectivity index (χ0n) is 11.4. The molecule has 18 heavy (non-hydrogen) atoms. The van der Waals surface area contributed by atoms with Crippen molar-refractivity contribution in [3.8, 4) is 0 Å². The third kappa shape index (κ3) is 2.72. The van der Waals surface area contributed by atoms with Gasteiger partial charge in [-0.05, 0) is 33.2 Å². The predicted octanol–water partition coefficient (Wildman–Crippen LogP) is 1.79. The van der Waals surface area contributed by atoms with E-state index in [4.69, 9.17) is 0 Å². The van der Waals surface area contributed by atoms with Crippen molar-refractivity contribution >= 4 is 17.2 Å². The van der Waals surface area contributed by atoms with Gasteiger partial charge in [-0.15, -0.1) is 11.3 Å². The first-order chi connectivity index (χ1) is 8.49. The lowest BCUT2D eigenvalue weighted by molar-refractivity contribution is -0.126. The molecule has 1 aliphatic heterocycles. The van der Waals surface area contributed by atoms with Gasteiger partial charge in [-0.3, -0.25) is 4.79 Å². The fourth-order valence-electron chi connectivity index (χ4n) is 2.50. The molecule has 1 aliphatic rings. The molecule has 0 saturated carbocycles. The Morgan fingerprint density at radius 3 is 2.72 bits per heavy atom. The van der Waals surface area contributed by atoms with E-state index in [-0.39, 0.29) is 17.9 Å². The summed E-state index contributed by atoms with van der Waals surface area (Å²) in [7, 11) is 0. The summed E-state index contributed by atoms with van der Waals surface area (Å²) in [5.41, 5.74) is 1.03. The molecule has 0 bridgehead atoms. The minimum atomic E-state index is 0.0523. The van der Waals surface area contributed by atoms with Crippen molar-refractivity contribution in [2.24, 2.45) is 11.8 Å². The third-order valence-corrected chi connectivity index (χ3v) is 4.80. The zero-order valence-corrected chi connectivity index (χ0v) is 12.2. The summed E-state index contributed by atoms with van der Waals surface area (Å²) in [4.78, 5) is 17.8. The molecule has 1 saturated heterocycles. The summed E-state index contributed by atoms with van der Waals surface area (Å²) in [5, 5.41) is 7.43. The van der Waals surface area contributed by atoms with Crippen LogP contribution in [0.15, 0.2) is 0 Å². The van der Waals surface area contributed by atoms with E-state index in [2.05, 4.69) is 22.5 Å². The molecule has 2 N–H and O–H groups in total. The highest BCUT2D eigenvalue weighted by Crippen LogP contribution is 2.25. The van der Waals surface area contributed by atoms with Crippen LogP contribution in [0.4, 0.5) is 0 Å². The Bertz CT molecular complexity index is 443. The average Bonchev–Trinajstić information content (AvgIpc) is 2.84. The van der Waals surface area contributed by atoms with Gasteiger partial charge in [-0.25, -0.2) is 4.98 Å². The van der Waals surface area contributed by atoms with Gasteiger partial charge in [0.1, 0.15) is 0 Å². The van der Waals surface area contributed by atoms with Crippen molar-refractivity contribution in [3.05, 3.63) is 15.6 Å². The van der Waals surface area contributed by atoms with E-state index in [1.807, 2.05) is 20.8 Å². The maximum absolute atomic E-state index is 12.2. The van der Waals surface area contributed by atoms with Gasteiger partial charge in [0, 0.05) is 11.4 Å². The highest BCUT2D eigenvalue weighted by Gasteiger charge is 2.30. The van der Waals surface area contributed by atoms with Gasteiger partial charge >= 0.3 is 0 Å². The molecule has 0 spiro atoms. The first kappa shape index (κ1) is 13.5. The van der Waals surface area contributed by atoms with Crippen LogP contribution < -0.4 is 10.6 Å². The van der Waals surface area contributed by atoms with E-state index < -0.39 is 0 Å². The van der Waals surface area contributed by atoms with Crippen molar-refractivity contribution in [1.82, 2.24) is 15.6 Å². The highest BCUT2D eigenvalue weighted by atomic mass is 32.1. The monoisotopic (exact) mass is 267 g/mol. The van der Waals surface area contributed by atoms with E-state index >= 15 is 0 Å². The number of thiazole rings is 1. The van der Waals surface area contributed by atoms with Crippen molar-refractivity contribution in [2.75, 3.05) is 13.1 Å². The molecule has 2 heterocycles. The molecule has 1 aromatic rings. The lowest BCUT2D eigenvalue weighted by atomic mass is 9.97. The second kappa shape index (κ2) is 5.36. The van der Waals surface area contributed by atoms with Gasteiger partial charge in [-0.1, -0.05) is 6.92 Å². The van der Waals surface area contributed by atoms with Crippen molar-refractivity contribution in [3.63, 3.8) is 0 Å². The molecule has 1 fully saturated rings. The Morgan fingerprint density at radius 1 is 1.50 bits per heavy atom. The van der Waals surface area contributed by atoms with Gasteiger partial charge in [-0.2, -0.15) is 0 Å². The Balaban J connectivity index is 2.01. The van der Waals surface area contributed by atoms with Crippen LogP contribution in [0.3, 0.4) is 0 Å². The predicted molar refractivity (Wildman–Crippen MR) is 73.7 cm³/mol. The molecule has 1 amide bonds. The molecule has 0 radical (unpaired) electrons. The summed E-state index contributed by atoms with van der Waals surface area (Å²) in [6.45, 7) is 9.88. The molecule has 4 nitrogen and oxygen atoms in total. The normalized spacial score (nSPS) is 25.1. The third-order valence-electron chi connectivity index (χ3n) is 3.55. The topological polar surface area (TPSA) is 54.0 Å². The zero-order chi connectivity index (χ0) is 13.3. The Kier molecular flexibility index (Phi) is 4.02. The minimum Gasteiger partial charge on any atom is -0.348 e. The van der Waals surface area contributed by atoms with Crippen molar-refractivity contribution in [1.29, 1.82) is 0 Å². The Labute approximate surface area is 112 Å². The lowest BCUT2D eigenvalue weighted by Gasteiger charge is -2.18. The van der Waals surface area contributed by atoms with Crippen LogP contribution >= 0.6 is 11.3 Å². The molecule has 0 aliphatic carbocycles. The molecule has 5 heteroatoms. The maximum Gasteiger partial charge on any atom is 0.225 e. The maximum atomic E-state index is 12.2. The molecule has 3 unspecified atom stereocenters. The van der Waals surface area contributed by atoms with Crippen LogP contribution in [0.2, 0.25) is 0 Å². The second-order valence-electron chi connectivity index (χ2n) is 5.15. The molecular formula is C13H21N3OS. The van der Waals surface area contributed by atoms with Gasteiger partial charge in [0.25, 0.3) is 0 Å². The van der Waals surface area contributed by atoms with Gasteiger partial charge in [0.2, 0.25) is 5.91 Å². The van der Waals surface area contributed by atoms with Crippen molar-refractivity contribution < 1.29 is 4.79 Å². The number of nitrogens with one attached hydrogen (secondary N) is 2. The van der Waals surface area contributed by atoms with Gasteiger partial charge < -0.3 is 10.6 Å². The summed E-state index contributed by atoms with van der Waals surface area (Å²) in [5.74, 6) is 0.675. The van der Waals surface area contributed by atoms with Crippen LogP contribution in [0.5, 0.6) is 0 Å². The van der Waals surface area contributed by atoms with Crippen LogP contribution in [-0.2, 0) is 4.79 Å². The number of aromatic nitrogens is 1. The van der Waals surface area contributed by atoms with Crippen LogP contribution in [0.25, 0.3) is 0 Å². The average molecular weight is 267 g/mol. The van der Waals surface area contributed by atoms with E-state index in [0.717, 1.165) is 23.8 Å². The van der Waals surface area contributed by atoms with Crippen LogP contribution in [0, 0.1) is 25.7 Å². The summed E-state index contributed by atoms with van der Waals surface area (Å²) < 4.78 is 0. The molecule has 3 atom stereocenters. The van der Waals surface area contributed by atoms with Gasteiger partial charge in [0.15, 0.2) is 0 Å². The summed E-state index contributed by atoms with van der Waals surface area (Å²) in [6.07, 6.45) is 0. The summed E-state index contributed by atoms with van der Waals surface area (Å²) in [6, 6.07) is 0.0523. The first-order valence-corrected chi connectivity index (χ1v) is 7.25. The van der Waals surface area contributed by atoms with Crippen LogP contribution in [-0.4, -0.2) is 24.0 Å². The smallest absolute Gasteiger partial charge is 0.225 e. The molecule has 0 aromatic carbocycles. The number of nitrogens with zero attached hydrogens (tertiary/aromatic N) is 1. The van der Waals surface area contributed by atoms with E-state index in [0.29, 0.717) is 5.92 Å². The number of hydrogen-bond donors (Lipinski definition) is 2. The lowest BCUT2D eigenvalue weighted by Crippen LogP contribution is -2.35. The number of carbonyl (C=O) groups is 1. The second-order valence-corrected chi connectivity index (χ2v) is 6.39. The van der Waals surface area contributed by atoms with E-state index in [1.165, 1.54) is 4.88 Å². The first-order valence-electron chi connectivity index (χ1n) is 6.44. The summed E-state index contributed by atoms with van der Waals surface area (Å²) >= 11 is 1.67. The van der Waals surface area contributed by atoms with Gasteiger partial charge in [0.05, 0.1) is 22.7 Å². The fourth-order valence-corrected chi connectivity index (χ4v) is 3.43. The SMILES string of the molecule is Cc1nc(C)c(C(C)NC(=O)C2CNCC2C)s1. The number of aryl methyl sites for hydroxylation is 2. The molecular weight excluding hydrogens is 246 g/mol. The fraction of sp³-hybridized carbons (Fsp3) is 0.692. The van der Waals surface area contributed by atoms with Crippen molar-refractivity contribution in [2.45, 2.75) is 33.7 Å².